The van der Waals surface area contributed by atoms with Crippen LogP contribution in [0.1, 0.15) is 5.56 Å². The van der Waals surface area contributed by atoms with E-state index in [-0.39, 0.29) is 5.69 Å². The highest BCUT2D eigenvalue weighted by molar-refractivity contribution is 5.92. The highest BCUT2D eigenvalue weighted by Crippen LogP contribution is 2.11. The summed E-state index contributed by atoms with van der Waals surface area (Å²) in [5, 5.41) is 0. The molecule has 66 valence electrons. The predicted molar refractivity (Wildman–Crippen MR) is 46.9 cm³/mol. The fourth-order valence-electron chi connectivity index (χ4n) is 0.776. The Morgan fingerprint density at radius 2 is 2.15 bits per heavy atom. The maximum absolute atomic E-state index is 12.5. The fraction of sp³-hybridized carbons (Fsp3) is 0. The third-order valence-corrected chi connectivity index (χ3v) is 1.33. The zero-order valence-electron chi connectivity index (χ0n) is 6.67. The molecule has 1 aromatic carbocycles. The lowest BCUT2D eigenvalue weighted by Crippen LogP contribution is -2.06. The molecule has 0 aliphatic rings. The molecule has 0 saturated heterocycles. The Labute approximate surface area is 74.5 Å². The monoisotopic (exact) mass is 178 g/mol. The SMILES string of the molecule is NC(=O)C#Cc1ccc(F)cc1N. The largest absolute Gasteiger partial charge is 0.398 e. The van der Waals surface area contributed by atoms with Crippen LogP contribution in [0.2, 0.25) is 0 Å². The van der Waals surface area contributed by atoms with Gasteiger partial charge in [0.2, 0.25) is 0 Å². The summed E-state index contributed by atoms with van der Waals surface area (Å²) < 4.78 is 12.5. The number of nitrogen functional groups attached to an aromatic ring is 1. The molecule has 0 aliphatic carbocycles. The van der Waals surface area contributed by atoms with E-state index >= 15 is 0 Å². The molecule has 0 bridgehead atoms. The summed E-state index contributed by atoms with van der Waals surface area (Å²) in [5.41, 5.74) is 10.8. The number of amides is 1. The number of hydrogen-bond donors (Lipinski definition) is 2. The summed E-state index contributed by atoms with van der Waals surface area (Å²) in [6.45, 7) is 0. The molecule has 1 rings (SSSR count). The van der Waals surface area contributed by atoms with Crippen molar-refractivity contribution in [3.63, 3.8) is 0 Å². The lowest BCUT2D eigenvalue weighted by Gasteiger charge is -1.96. The van der Waals surface area contributed by atoms with Crippen molar-refractivity contribution in [2.75, 3.05) is 5.73 Å². The van der Waals surface area contributed by atoms with E-state index < -0.39 is 11.7 Å². The van der Waals surface area contributed by atoms with Crippen molar-refractivity contribution in [2.24, 2.45) is 5.73 Å². The third kappa shape index (κ3) is 2.49. The van der Waals surface area contributed by atoms with Crippen molar-refractivity contribution >= 4 is 11.6 Å². The molecule has 0 fully saturated rings. The van der Waals surface area contributed by atoms with Gasteiger partial charge in [-0.25, -0.2) is 4.39 Å². The molecule has 1 amide bonds. The predicted octanol–water partition coefficient (Wildman–Crippen LogP) is 0.245. The lowest BCUT2D eigenvalue weighted by molar-refractivity contribution is -0.112. The van der Waals surface area contributed by atoms with Crippen LogP contribution >= 0.6 is 0 Å². The van der Waals surface area contributed by atoms with Gasteiger partial charge in [-0.2, -0.15) is 0 Å². The first-order chi connectivity index (χ1) is 6.09. The zero-order chi connectivity index (χ0) is 9.84. The van der Waals surface area contributed by atoms with Gasteiger partial charge in [0.15, 0.2) is 0 Å². The Bertz CT molecular complexity index is 404. The zero-order valence-corrected chi connectivity index (χ0v) is 6.67. The van der Waals surface area contributed by atoms with Gasteiger partial charge in [0, 0.05) is 11.5 Å². The number of carbonyl (C=O) groups is 1. The van der Waals surface area contributed by atoms with Gasteiger partial charge >= 0.3 is 0 Å². The minimum absolute atomic E-state index is 0.189. The molecule has 1 aromatic rings. The quantitative estimate of drug-likeness (QED) is 0.441. The summed E-state index contributed by atoms with van der Waals surface area (Å²) in [5.74, 6) is 3.34. The van der Waals surface area contributed by atoms with Crippen LogP contribution in [-0.2, 0) is 4.79 Å². The van der Waals surface area contributed by atoms with E-state index in [0.29, 0.717) is 5.56 Å². The van der Waals surface area contributed by atoms with Gasteiger partial charge in [-0.1, -0.05) is 5.92 Å². The molecular formula is C9H7FN2O. The minimum atomic E-state index is -0.747. The molecule has 0 spiro atoms. The Morgan fingerprint density at radius 1 is 1.46 bits per heavy atom. The van der Waals surface area contributed by atoms with Gasteiger partial charge in [0.1, 0.15) is 5.82 Å². The third-order valence-electron chi connectivity index (χ3n) is 1.33. The molecule has 4 N–H and O–H groups in total. The van der Waals surface area contributed by atoms with Crippen molar-refractivity contribution in [1.82, 2.24) is 0 Å². The Hall–Kier alpha value is -2.02. The number of benzene rings is 1. The Kier molecular flexibility index (Phi) is 2.50. The van der Waals surface area contributed by atoms with Crippen molar-refractivity contribution in [3.8, 4) is 11.8 Å². The molecule has 0 aliphatic heterocycles. The lowest BCUT2D eigenvalue weighted by atomic mass is 10.2. The molecule has 0 radical (unpaired) electrons. The van der Waals surface area contributed by atoms with Crippen LogP contribution in [0.4, 0.5) is 10.1 Å². The van der Waals surface area contributed by atoms with Gasteiger partial charge in [0.25, 0.3) is 5.91 Å². The van der Waals surface area contributed by atoms with Crippen molar-refractivity contribution in [2.45, 2.75) is 0 Å². The number of primary amides is 1. The van der Waals surface area contributed by atoms with Crippen molar-refractivity contribution < 1.29 is 9.18 Å². The van der Waals surface area contributed by atoms with Gasteiger partial charge in [-0.3, -0.25) is 4.79 Å². The normalized spacial score (nSPS) is 8.69. The van der Waals surface area contributed by atoms with E-state index in [0.717, 1.165) is 6.07 Å². The molecule has 0 unspecified atom stereocenters. The highest BCUT2D eigenvalue weighted by atomic mass is 19.1. The fourth-order valence-corrected chi connectivity index (χ4v) is 0.776. The number of hydrogen-bond acceptors (Lipinski definition) is 2. The number of nitrogens with two attached hydrogens (primary N) is 2. The van der Waals surface area contributed by atoms with E-state index in [1.165, 1.54) is 12.1 Å². The highest BCUT2D eigenvalue weighted by Gasteiger charge is 1.96. The number of rotatable bonds is 0. The van der Waals surface area contributed by atoms with Gasteiger partial charge < -0.3 is 11.5 Å². The second-order valence-corrected chi connectivity index (χ2v) is 2.35. The van der Waals surface area contributed by atoms with Crippen molar-refractivity contribution in [3.05, 3.63) is 29.6 Å². The first kappa shape index (κ1) is 9.07. The second-order valence-electron chi connectivity index (χ2n) is 2.35. The first-order valence-electron chi connectivity index (χ1n) is 3.46. The summed E-state index contributed by atoms with van der Waals surface area (Å²) >= 11 is 0. The van der Waals surface area contributed by atoms with Crippen LogP contribution in [0.25, 0.3) is 0 Å². The molecule has 0 saturated carbocycles. The van der Waals surface area contributed by atoms with Crippen LogP contribution in [-0.4, -0.2) is 5.91 Å². The number of halogens is 1. The number of anilines is 1. The van der Waals surface area contributed by atoms with Crippen molar-refractivity contribution in [1.29, 1.82) is 0 Å². The standard InChI is InChI=1S/C9H7FN2O/c10-7-3-1-6(8(11)5-7)2-4-9(12)13/h1,3,5H,11H2,(H2,12,13). The van der Waals surface area contributed by atoms with E-state index in [9.17, 15) is 9.18 Å². The van der Waals surface area contributed by atoms with Crippen LogP contribution in [0.15, 0.2) is 18.2 Å². The van der Waals surface area contributed by atoms with Crippen LogP contribution in [0.5, 0.6) is 0 Å². The molecule has 0 aromatic heterocycles. The molecule has 13 heavy (non-hydrogen) atoms. The summed E-state index contributed by atoms with van der Waals surface area (Å²) in [6.07, 6.45) is 0. The average molecular weight is 178 g/mol. The summed E-state index contributed by atoms with van der Waals surface area (Å²) in [7, 11) is 0. The molecular weight excluding hydrogens is 171 g/mol. The topological polar surface area (TPSA) is 69.1 Å². The maximum Gasteiger partial charge on any atom is 0.293 e. The second kappa shape index (κ2) is 3.59. The molecule has 0 heterocycles. The minimum Gasteiger partial charge on any atom is -0.398 e. The summed E-state index contributed by atoms with van der Waals surface area (Å²) in [4.78, 5) is 10.3. The molecule has 0 atom stereocenters. The van der Waals surface area contributed by atoms with Crippen LogP contribution in [0, 0.1) is 17.7 Å². The molecule has 3 nitrogen and oxygen atoms in total. The van der Waals surface area contributed by atoms with Crippen LogP contribution < -0.4 is 11.5 Å². The van der Waals surface area contributed by atoms with Crippen LogP contribution in [0.3, 0.4) is 0 Å². The number of carbonyl (C=O) groups excluding carboxylic acids is 1. The first-order valence-corrected chi connectivity index (χ1v) is 3.46. The molecule has 4 heteroatoms. The maximum atomic E-state index is 12.5. The van der Waals surface area contributed by atoms with E-state index in [4.69, 9.17) is 11.5 Å². The summed E-state index contributed by atoms with van der Waals surface area (Å²) in [6, 6.07) is 3.73. The van der Waals surface area contributed by atoms with E-state index in [1.807, 2.05) is 0 Å². The van der Waals surface area contributed by atoms with Gasteiger partial charge in [0.05, 0.1) is 5.69 Å². The van der Waals surface area contributed by atoms with E-state index in [1.54, 1.807) is 0 Å². The Balaban J connectivity index is 3.05. The average Bonchev–Trinajstić information content (AvgIpc) is 2.02. The Morgan fingerprint density at radius 3 is 2.69 bits per heavy atom. The van der Waals surface area contributed by atoms with E-state index in [2.05, 4.69) is 11.8 Å². The van der Waals surface area contributed by atoms with Gasteiger partial charge in [-0.15, -0.1) is 0 Å². The smallest absolute Gasteiger partial charge is 0.293 e. The van der Waals surface area contributed by atoms with Gasteiger partial charge in [-0.05, 0) is 18.2 Å².